The fourth-order valence-corrected chi connectivity index (χ4v) is 1.26. The van der Waals surface area contributed by atoms with E-state index in [-0.39, 0.29) is 41.4 Å². The van der Waals surface area contributed by atoms with E-state index in [0.29, 0.717) is 6.42 Å². The van der Waals surface area contributed by atoms with Crippen LogP contribution in [0.1, 0.15) is 12.8 Å². The molecular weight excluding hydrogens is 179 g/mol. The minimum atomic E-state index is -3.75. The Morgan fingerprint density at radius 2 is 2.09 bits per heavy atom. The Bertz CT molecular complexity index is 197. The van der Waals surface area contributed by atoms with E-state index in [4.69, 9.17) is 9.29 Å². The second-order valence-electron chi connectivity index (χ2n) is 2.38. The van der Waals surface area contributed by atoms with Gasteiger partial charge in [0.1, 0.15) is 0 Å². The molecule has 11 heavy (non-hydrogen) atoms. The molecule has 4 nitrogen and oxygen atoms in total. The Labute approximate surface area is 88.3 Å². The van der Waals surface area contributed by atoms with Crippen molar-refractivity contribution in [3.63, 3.8) is 0 Å². The van der Waals surface area contributed by atoms with Gasteiger partial charge in [0.2, 0.25) is 0 Å². The van der Waals surface area contributed by atoms with Crippen molar-refractivity contribution >= 4 is 39.7 Å². The van der Waals surface area contributed by atoms with Gasteiger partial charge in [-0.25, -0.2) is 0 Å². The Balaban J connectivity index is 0.000001000. The van der Waals surface area contributed by atoms with Crippen LogP contribution in [-0.2, 0) is 14.9 Å². The molecule has 62 valence electrons. The molecule has 0 aromatic heterocycles. The molecule has 0 amide bonds. The molecule has 0 aromatic carbocycles. The van der Waals surface area contributed by atoms with Gasteiger partial charge in [-0.2, -0.15) is 8.42 Å². The van der Waals surface area contributed by atoms with E-state index < -0.39 is 10.1 Å². The van der Waals surface area contributed by atoms with Gasteiger partial charge in [-0.05, 0) is 12.8 Å². The maximum atomic E-state index is 10.1. The summed E-state index contributed by atoms with van der Waals surface area (Å²) in [7, 11) is -3.75. The molecule has 1 atom stereocenters. The quantitative estimate of drug-likeness (QED) is 0.365. The summed E-state index contributed by atoms with van der Waals surface area (Å²) in [4.78, 5) is 0. The summed E-state index contributed by atoms with van der Waals surface area (Å²) < 4.78 is 33.4. The summed E-state index contributed by atoms with van der Waals surface area (Å²) in [5.41, 5.74) is 0. The van der Waals surface area contributed by atoms with Gasteiger partial charge in [0.05, 0.1) is 18.5 Å². The van der Waals surface area contributed by atoms with Crippen molar-refractivity contribution in [3.05, 3.63) is 0 Å². The molecule has 6 heteroatoms. The van der Waals surface area contributed by atoms with Crippen LogP contribution in [0.2, 0.25) is 0 Å². The molecule has 1 N–H and O–H groups in total. The van der Waals surface area contributed by atoms with Gasteiger partial charge in [0.25, 0.3) is 10.1 Å². The Hall–Kier alpha value is 0.870. The number of hydrogen-bond acceptors (Lipinski definition) is 3. The second kappa shape index (κ2) is 4.79. The monoisotopic (exact) mass is 190 g/mol. The average Bonchev–Trinajstić information content (AvgIpc) is 2.45. The van der Waals surface area contributed by atoms with Crippen molar-refractivity contribution in [2.75, 3.05) is 12.4 Å². The van der Waals surface area contributed by atoms with Crippen LogP contribution in [0.4, 0.5) is 0 Å². The molecule has 0 saturated carbocycles. The topological polar surface area (TPSA) is 66.9 Å². The molecular formula is C5H11NaO4S. The third-order valence-corrected chi connectivity index (χ3v) is 2.14. The Morgan fingerprint density at radius 3 is 2.45 bits per heavy atom. The number of epoxide rings is 1. The van der Waals surface area contributed by atoms with Gasteiger partial charge < -0.3 is 4.74 Å². The first kappa shape index (κ1) is 11.9. The van der Waals surface area contributed by atoms with Crippen LogP contribution in [0, 0.1) is 0 Å². The van der Waals surface area contributed by atoms with Crippen molar-refractivity contribution in [2.45, 2.75) is 18.9 Å². The van der Waals surface area contributed by atoms with Gasteiger partial charge in [-0.15, -0.1) is 0 Å². The first-order chi connectivity index (χ1) is 4.58. The van der Waals surface area contributed by atoms with E-state index in [1.165, 1.54) is 0 Å². The van der Waals surface area contributed by atoms with Gasteiger partial charge in [0.15, 0.2) is 0 Å². The van der Waals surface area contributed by atoms with E-state index in [2.05, 4.69) is 0 Å². The summed E-state index contributed by atoms with van der Waals surface area (Å²) in [6.45, 7) is 0.742. The SMILES string of the molecule is O=S(=O)(O)CCCC1CO1.[NaH]. The van der Waals surface area contributed by atoms with E-state index in [1.54, 1.807) is 0 Å². The molecule has 1 aliphatic rings. The van der Waals surface area contributed by atoms with Crippen molar-refractivity contribution in [1.82, 2.24) is 0 Å². The summed E-state index contributed by atoms with van der Waals surface area (Å²) >= 11 is 0. The fraction of sp³-hybridized carbons (Fsp3) is 1.00. The molecule has 1 fully saturated rings. The third-order valence-electron chi connectivity index (χ3n) is 1.33. The zero-order valence-corrected chi connectivity index (χ0v) is 6.30. The first-order valence-electron chi connectivity index (χ1n) is 3.15. The van der Waals surface area contributed by atoms with E-state index in [9.17, 15) is 8.42 Å². The standard InChI is InChI=1S/C5H10O4S.Na.H/c6-10(7,8)3-1-2-5-4-9-5;;/h5H,1-4H2,(H,6,7,8);;. The van der Waals surface area contributed by atoms with Gasteiger partial charge in [-0.1, -0.05) is 0 Å². The summed E-state index contributed by atoms with van der Waals surface area (Å²) in [6.07, 6.45) is 1.48. The number of hydrogen-bond donors (Lipinski definition) is 1. The van der Waals surface area contributed by atoms with E-state index >= 15 is 0 Å². The normalized spacial score (nSPS) is 22.5. The molecule has 1 aliphatic heterocycles. The maximum absolute atomic E-state index is 10.1. The summed E-state index contributed by atoms with van der Waals surface area (Å²) in [6, 6.07) is 0. The molecule has 0 aromatic rings. The second-order valence-corrected chi connectivity index (χ2v) is 3.96. The molecule has 1 heterocycles. The van der Waals surface area contributed by atoms with Crippen LogP contribution in [0.3, 0.4) is 0 Å². The molecule has 0 bridgehead atoms. The van der Waals surface area contributed by atoms with Crippen molar-refractivity contribution in [3.8, 4) is 0 Å². The predicted octanol–water partition coefficient (Wildman–Crippen LogP) is -0.595. The Kier molecular flexibility index (Phi) is 5.17. The van der Waals surface area contributed by atoms with Gasteiger partial charge >= 0.3 is 29.6 Å². The van der Waals surface area contributed by atoms with Crippen LogP contribution >= 0.6 is 0 Å². The molecule has 0 spiro atoms. The van der Waals surface area contributed by atoms with Gasteiger partial charge in [-0.3, -0.25) is 4.55 Å². The van der Waals surface area contributed by atoms with Crippen LogP contribution in [0.5, 0.6) is 0 Å². The molecule has 1 saturated heterocycles. The van der Waals surface area contributed by atoms with Crippen molar-refractivity contribution < 1.29 is 17.7 Å². The molecule has 0 aliphatic carbocycles. The Morgan fingerprint density at radius 1 is 1.55 bits per heavy atom. The number of rotatable bonds is 4. The van der Waals surface area contributed by atoms with Crippen LogP contribution in [-0.4, -0.2) is 61.0 Å². The molecule has 1 unspecified atom stereocenters. The van der Waals surface area contributed by atoms with E-state index in [0.717, 1.165) is 13.0 Å². The number of ether oxygens (including phenoxy) is 1. The summed E-state index contributed by atoms with van der Waals surface area (Å²) in [5.74, 6) is -0.146. The predicted molar refractivity (Wildman–Crippen MR) is 42.5 cm³/mol. The molecule has 1 rings (SSSR count). The fourth-order valence-electron chi connectivity index (χ4n) is 0.728. The average molecular weight is 190 g/mol. The van der Waals surface area contributed by atoms with Gasteiger partial charge in [0, 0.05) is 0 Å². The minimum absolute atomic E-state index is 0. The summed E-state index contributed by atoms with van der Waals surface area (Å²) in [5, 5.41) is 0. The van der Waals surface area contributed by atoms with Crippen LogP contribution < -0.4 is 0 Å². The zero-order valence-electron chi connectivity index (χ0n) is 5.49. The zero-order chi connectivity index (χ0) is 7.61. The van der Waals surface area contributed by atoms with Crippen molar-refractivity contribution in [2.24, 2.45) is 0 Å². The van der Waals surface area contributed by atoms with E-state index in [1.807, 2.05) is 0 Å². The third kappa shape index (κ3) is 7.24. The van der Waals surface area contributed by atoms with Crippen LogP contribution in [0.25, 0.3) is 0 Å². The van der Waals surface area contributed by atoms with Crippen LogP contribution in [0.15, 0.2) is 0 Å². The van der Waals surface area contributed by atoms with Crippen molar-refractivity contribution in [1.29, 1.82) is 0 Å². The first-order valence-corrected chi connectivity index (χ1v) is 4.75. The molecule has 0 radical (unpaired) electrons.